The number of aromatic nitrogens is 1. The third kappa shape index (κ3) is 4.67. The minimum atomic E-state index is -0.0706. The van der Waals surface area contributed by atoms with Crippen molar-refractivity contribution in [2.24, 2.45) is 5.92 Å². The first kappa shape index (κ1) is 21.6. The number of hydrogen-bond acceptors (Lipinski definition) is 7. The normalized spacial score (nSPS) is 21.3. The maximum absolute atomic E-state index is 13.6. The van der Waals surface area contributed by atoms with Crippen LogP contribution in [-0.4, -0.2) is 73.0 Å². The summed E-state index contributed by atoms with van der Waals surface area (Å²) in [5.41, 5.74) is 0.516. The molecular weight excluding hydrogens is 416 g/mol. The quantitative estimate of drug-likeness (QED) is 0.738. The lowest BCUT2D eigenvalue weighted by Crippen LogP contribution is -2.44. The molecule has 8 nitrogen and oxygen atoms in total. The van der Waals surface area contributed by atoms with Crippen molar-refractivity contribution in [3.8, 4) is 11.5 Å². The van der Waals surface area contributed by atoms with Crippen LogP contribution >= 0.6 is 11.3 Å². The van der Waals surface area contributed by atoms with Crippen molar-refractivity contribution in [3.05, 3.63) is 35.3 Å². The smallest absolute Gasteiger partial charge is 0.258 e. The van der Waals surface area contributed by atoms with E-state index in [0.29, 0.717) is 47.7 Å². The molecule has 2 aliphatic rings. The molecule has 166 valence electrons. The van der Waals surface area contributed by atoms with E-state index in [4.69, 9.17) is 9.47 Å². The number of nitrogens with one attached hydrogen (secondary N) is 1. The van der Waals surface area contributed by atoms with Gasteiger partial charge < -0.3 is 19.7 Å². The number of likely N-dealkylation sites (tertiary alicyclic amines) is 2. The summed E-state index contributed by atoms with van der Waals surface area (Å²) in [6.07, 6.45) is 4.80. The Labute approximate surface area is 186 Å². The van der Waals surface area contributed by atoms with Crippen molar-refractivity contribution < 1.29 is 19.1 Å². The van der Waals surface area contributed by atoms with Gasteiger partial charge >= 0.3 is 0 Å². The third-order valence-electron chi connectivity index (χ3n) is 6.05. The molecule has 31 heavy (non-hydrogen) atoms. The Hall–Kier alpha value is -2.65. The Bertz CT molecular complexity index is 920. The van der Waals surface area contributed by atoms with Crippen LogP contribution in [0.1, 0.15) is 29.6 Å². The van der Waals surface area contributed by atoms with Gasteiger partial charge in [-0.15, -0.1) is 11.3 Å². The lowest BCUT2D eigenvalue weighted by molar-refractivity contribution is -0.117. The first-order chi connectivity index (χ1) is 15.1. The Kier molecular flexibility index (Phi) is 6.72. The first-order valence-corrected chi connectivity index (χ1v) is 11.4. The van der Waals surface area contributed by atoms with Gasteiger partial charge in [-0.3, -0.25) is 14.5 Å². The third-order valence-corrected chi connectivity index (χ3v) is 6.74. The fourth-order valence-corrected chi connectivity index (χ4v) is 5.22. The second kappa shape index (κ2) is 9.65. The lowest BCUT2D eigenvalue weighted by Gasteiger charge is -2.31. The number of ether oxygens (including phenoxy) is 2. The Morgan fingerprint density at radius 1 is 1.23 bits per heavy atom. The molecule has 1 N–H and O–H groups in total. The molecular formula is C22H28N4O4S. The molecule has 3 heterocycles. The molecule has 9 heteroatoms. The molecule has 2 amide bonds. The summed E-state index contributed by atoms with van der Waals surface area (Å²) in [7, 11) is 3.12. The van der Waals surface area contributed by atoms with Crippen molar-refractivity contribution in [2.75, 3.05) is 45.7 Å². The predicted molar refractivity (Wildman–Crippen MR) is 119 cm³/mol. The van der Waals surface area contributed by atoms with E-state index in [1.807, 2.05) is 16.3 Å². The number of methoxy groups -OCH3 is 2. The summed E-state index contributed by atoms with van der Waals surface area (Å²) in [5.74, 6) is 1.26. The maximum Gasteiger partial charge on any atom is 0.258 e. The van der Waals surface area contributed by atoms with Crippen LogP contribution in [0.2, 0.25) is 0 Å². The number of hydrogen-bond donors (Lipinski definition) is 1. The van der Waals surface area contributed by atoms with E-state index in [-0.39, 0.29) is 17.9 Å². The van der Waals surface area contributed by atoms with Gasteiger partial charge in [-0.2, -0.15) is 0 Å². The zero-order valence-electron chi connectivity index (χ0n) is 17.9. The van der Waals surface area contributed by atoms with Gasteiger partial charge in [0.1, 0.15) is 0 Å². The standard InChI is InChI=1S/C22H28N4O4S/c1-29-18-8-5-7-16(20(18)30-2)21(28)26-10-4-3-6-15-12-25(13-17(15)26)14-19(27)24-22-23-9-11-31-22/h5,7-9,11,15,17H,3-4,6,10,12-14H2,1-2H3,(H,23,24,27)/t15-,17+/m0/s1. The molecule has 0 radical (unpaired) electrons. The Balaban J connectivity index is 1.49. The topological polar surface area (TPSA) is 84.0 Å². The largest absolute Gasteiger partial charge is 0.493 e. The van der Waals surface area contributed by atoms with E-state index in [1.165, 1.54) is 11.3 Å². The number of anilines is 1. The van der Waals surface area contributed by atoms with Gasteiger partial charge in [0.15, 0.2) is 16.6 Å². The second-order valence-electron chi connectivity index (χ2n) is 7.94. The monoisotopic (exact) mass is 444 g/mol. The van der Waals surface area contributed by atoms with Gasteiger partial charge in [0.2, 0.25) is 5.91 Å². The summed E-state index contributed by atoms with van der Waals surface area (Å²) >= 11 is 1.40. The van der Waals surface area contributed by atoms with Crippen molar-refractivity contribution >= 4 is 28.3 Å². The summed E-state index contributed by atoms with van der Waals surface area (Å²) in [5, 5.41) is 5.29. The van der Waals surface area contributed by atoms with Crippen molar-refractivity contribution in [1.82, 2.24) is 14.8 Å². The van der Waals surface area contributed by atoms with Gasteiger partial charge in [0.25, 0.3) is 5.91 Å². The number of benzene rings is 1. The highest BCUT2D eigenvalue weighted by Crippen LogP contribution is 2.35. The number of carbonyl (C=O) groups is 2. The fourth-order valence-electron chi connectivity index (χ4n) is 4.67. The van der Waals surface area contributed by atoms with Crippen LogP contribution in [0.4, 0.5) is 5.13 Å². The SMILES string of the molecule is COc1cccc(C(=O)N2CCCC[C@H]3CN(CC(=O)Nc4nccs4)C[C@H]32)c1OC. The molecule has 0 saturated carbocycles. The van der Waals surface area contributed by atoms with Crippen LogP contribution in [0.3, 0.4) is 0 Å². The number of rotatable bonds is 6. The molecule has 2 aromatic rings. The van der Waals surface area contributed by atoms with Crippen LogP contribution in [0.15, 0.2) is 29.8 Å². The molecule has 0 aliphatic carbocycles. The number of thiazole rings is 1. The zero-order valence-corrected chi connectivity index (χ0v) is 18.7. The van der Waals surface area contributed by atoms with Crippen LogP contribution < -0.4 is 14.8 Å². The van der Waals surface area contributed by atoms with Crippen LogP contribution in [-0.2, 0) is 4.79 Å². The predicted octanol–water partition coefficient (Wildman–Crippen LogP) is 2.73. The van der Waals surface area contributed by atoms with Gasteiger partial charge in [-0.05, 0) is 30.9 Å². The zero-order chi connectivity index (χ0) is 21.8. The highest BCUT2D eigenvalue weighted by molar-refractivity contribution is 7.13. The lowest BCUT2D eigenvalue weighted by atomic mass is 9.98. The molecule has 4 rings (SSSR count). The van der Waals surface area contributed by atoms with E-state index in [9.17, 15) is 9.59 Å². The molecule has 0 unspecified atom stereocenters. The molecule has 2 fully saturated rings. The summed E-state index contributed by atoms with van der Waals surface area (Å²) in [6.45, 7) is 2.51. The summed E-state index contributed by atoms with van der Waals surface area (Å²) < 4.78 is 10.9. The molecule has 1 aromatic heterocycles. The number of para-hydroxylation sites is 1. The highest BCUT2D eigenvalue weighted by Gasteiger charge is 2.41. The van der Waals surface area contributed by atoms with Crippen LogP contribution in [0, 0.1) is 5.92 Å². The minimum Gasteiger partial charge on any atom is -0.493 e. The summed E-state index contributed by atoms with van der Waals surface area (Å²) in [6, 6.07) is 5.48. The molecule has 2 aliphatic heterocycles. The van der Waals surface area contributed by atoms with E-state index in [0.717, 1.165) is 25.8 Å². The van der Waals surface area contributed by atoms with Crippen LogP contribution in [0.5, 0.6) is 11.5 Å². The minimum absolute atomic E-state index is 0.0401. The van der Waals surface area contributed by atoms with Gasteiger partial charge in [-0.25, -0.2) is 4.98 Å². The molecule has 0 spiro atoms. The maximum atomic E-state index is 13.6. The molecule has 2 saturated heterocycles. The molecule has 0 bridgehead atoms. The van der Waals surface area contributed by atoms with E-state index < -0.39 is 0 Å². The molecule has 1 aromatic carbocycles. The number of carbonyl (C=O) groups excluding carboxylic acids is 2. The van der Waals surface area contributed by atoms with Crippen molar-refractivity contribution in [3.63, 3.8) is 0 Å². The first-order valence-electron chi connectivity index (χ1n) is 10.5. The van der Waals surface area contributed by atoms with Gasteiger partial charge in [0, 0.05) is 37.3 Å². The molecule has 2 atom stereocenters. The average Bonchev–Trinajstić information content (AvgIpc) is 3.38. The second-order valence-corrected chi connectivity index (χ2v) is 8.84. The Morgan fingerprint density at radius 3 is 2.84 bits per heavy atom. The van der Waals surface area contributed by atoms with E-state index in [2.05, 4.69) is 15.2 Å². The van der Waals surface area contributed by atoms with Crippen molar-refractivity contribution in [1.29, 1.82) is 0 Å². The Morgan fingerprint density at radius 2 is 2.10 bits per heavy atom. The van der Waals surface area contributed by atoms with Gasteiger partial charge in [-0.1, -0.05) is 12.5 Å². The number of fused-ring (bicyclic) bond motifs is 1. The van der Waals surface area contributed by atoms with Crippen molar-refractivity contribution in [2.45, 2.75) is 25.3 Å². The average molecular weight is 445 g/mol. The van der Waals surface area contributed by atoms with Crippen LogP contribution in [0.25, 0.3) is 0 Å². The number of amides is 2. The summed E-state index contributed by atoms with van der Waals surface area (Å²) in [4.78, 5) is 34.2. The number of nitrogens with zero attached hydrogens (tertiary/aromatic N) is 3. The fraction of sp³-hybridized carbons (Fsp3) is 0.500. The highest BCUT2D eigenvalue weighted by atomic mass is 32.1. The van der Waals surface area contributed by atoms with E-state index in [1.54, 1.807) is 32.5 Å². The van der Waals surface area contributed by atoms with E-state index >= 15 is 0 Å². The van der Waals surface area contributed by atoms with Gasteiger partial charge in [0.05, 0.1) is 26.3 Å².